The third kappa shape index (κ3) is 6.00. The summed E-state index contributed by atoms with van der Waals surface area (Å²) in [5, 5.41) is 14.1. The van der Waals surface area contributed by atoms with E-state index in [1.165, 1.54) is 16.7 Å². The van der Waals surface area contributed by atoms with Crippen LogP contribution in [0.3, 0.4) is 0 Å². The molecular formula is C14H24N4O5S. The second-order valence-corrected chi connectivity index (χ2v) is 6.40. The number of carboxylic acid groups (broad SMARTS) is 1. The molecule has 0 aromatic heterocycles. The van der Waals surface area contributed by atoms with Gasteiger partial charge < -0.3 is 26.4 Å². The number of nitrogens with one attached hydrogen (secondary N) is 2. The van der Waals surface area contributed by atoms with Gasteiger partial charge in [0.2, 0.25) is 17.7 Å². The number of carbonyl (C=O) groups is 4. The molecular weight excluding hydrogens is 336 g/mol. The van der Waals surface area contributed by atoms with Crippen LogP contribution < -0.4 is 16.4 Å². The van der Waals surface area contributed by atoms with Crippen LogP contribution in [0.15, 0.2) is 0 Å². The van der Waals surface area contributed by atoms with Gasteiger partial charge in [-0.25, -0.2) is 4.79 Å². The van der Waals surface area contributed by atoms with Gasteiger partial charge in [0.25, 0.3) is 0 Å². The molecule has 5 N–H and O–H groups in total. The molecule has 0 aromatic rings. The van der Waals surface area contributed by atoms with Crippen molar-refractivity contribution in [2.75, 3.05) is 31.6 Å². The van der Waals surface area contributed by atoms with Gasteiger partial charge in [-0.05, 0) is 31.3 Å². The highest BCUT2D eigenvalue weighted by atomic mass is 32.2. The van der Waals surface area contributed by atoms with Crippen molar-refractivity contribution in [3.63, 3.8) is 0 Å². The first-order valence-electron chi connectivity index (χ1n) is 7.69. The molecule has 9 nitrogen and oxygen atoms in total. The topological polar surface area (TPSA) is 142 Å². The summed E-state index contributed by atoms with van der Waals surface area (Å²) in [5.74, 6) is -1.78. The lowest BCUT2D eigenvalue weighted by Crippen LogP contribution is -2.53. The lowest BCUT2D eigenvalue weighted by molar-refractivity contribution is -0.149. The summed E-state index contributed by atoms with van der Waals surface area (Å²) in [5.41, 5.74) is 5.14. The Morgan fingerprint density at radius 1 is 1.33 bits per heavy atom. The smallest absolute Gasteiger partial charge is 0.326 e. The van der Waals surface area contributed by atoms with E-state index in [0.717, 1.165) is 0 Å². The highest BCUT2D eigenvalue weighted by molar-refractivity contribution is 7.98. The van der Waals surface area contributed by atoms with Crippen LogP contribution in [0.1, 0.15) is 19.3 Å². The molecule has 2 atom stereocenters. The van der Waals surface area contributed by atoms with Crippen molar-refractivity contribution in [3.8, 4) is 0 Å². The summed E-state index contributed by atoms with van der Waals surface area (Å²) in [6.45, 7) is -0.136. The minimum atomic E-state index is -1.04. The summed E-state index contributed by atoms with van der Waals surface area (Å²) in [6.07, 6.45) is 3.30. The molecule has 1 fully saturated rings. The van der Waals surface area contributed by atoms with Gasteiger partial charge in [-0.15, -0.1) is 0 Å². The Bertz CT molecular complexity index is 488. The highest BCUT2D eigenvalue weighted by Crippen LogP contribution is 2.19. The standard InChI is InChI=1S/C14H24N4O5S/c1-24-6-4-9(17-12(20)8-16-11(19)7-15)13(21)18-5-2-3-10(18)14(22)23/h9-10H,2-8,15H2,1H3,(H,16,19)(H,17,20)(H,22,23). The van der Waals surface area contributed by atoms with E-state index < -0.39 is 35.8 Å². The monoisotopic (exact) mass is 360 g/mol. The SMILES string of the molecule is CSCCC(NC(=O)CNC(=O)CN)C(=O)N1CCCC1C(=O)O. The molecule has 136 valence electrons. The number of nitrogens with zero attached hydrogens (tertiary/aromatic N) is 1. The third-order valence-electron chi connectivity index (χ3n) is 3.70. The number of hydrogen-bond donors (Lipinski definition) is 4. The number of aliphatic carboxylic acids is 1. The van der Waals surface area contributed by atoms with Gasteiger partial charge in [0.05, 0.1) is 13.1 Å². The first-order valence-corrected chi connectivity index (χ1v) is 9.08. The van der Waals surface area contributed by atoms with E-state index >= 15 is 0 Å². The van der Waals surface area contributed by atoms with Crippen LogP contribution in [0.25, 0.3) is 0 Å². The quantitative estimate of drug-likeness (QED) is 0.387. The van der Waals surface area contributed by atoms with Crippen LogP contribution in [0, 0.1) is 0 Å². The van der Waals surface area contributed by atoms with Gasteiger partial charge in [0, 0.05) is 6.54 Å². The molecule has 24 heavy (non-hydrogen) atoms. The van der Waals surface area contributed by atoms with Crippen molar-refractivity contribution in [2.24, 2.45) is 5.73 Å². The molecule has 0 aliphatic carbocycles. The number of thioether (sulfide) groups is 1. The van der Waals surface area contributed by atoms with Crippen molar-refractivity contribution in [2.45, 2.75) is 31.3 Å². The molecule has 10 heteroatoms. The van der Waals surface area contributed by atoms with Crippen LogP contribution >= 0.6 is 11.8 Å². The number of carboxylic acids is 1. The Morgan fingerprint density at radius 2 is 2.04 bits per heavy atom. The van der Waals surface area contributed by atoms with Crippen molar-refractivity contribution in [3.05, 3.63) is 0 Å². The van der Waals surface area contributed by atoms with Crippen LogP contribution in [0.5, 0.6) is 0 Å². The normalized spacial score (nSPS) is 18.1. The summed E-state index contributed by atoms with van der Waals surface area (Å²) in [6, 6.07) is -1.65. The van der Waals surface area contributed by atoms with Crippen LogP contribution in [0.4, 0.5) is 0 Å². The molecule has 3 amide bonds. The van der Waals surface area contributed by atoms with E-state index in [1.807, 2.05) is 6.26 Å². The average Bonchev–Trinajstić information content (AvgIpc) is 3.05. The van der Waals surface area contributed by atoms with E-state index in [4.69, 9.17) is 5.73 Å². The zero-order valence-electron chi connectivity index (χ0n) is 13.6. The second kappa shape index (κ2) is 10.1. The number of likely N-dealkylation sites (tertiary alicyclic amines) is 1. The molecule has 1 heterocycles. The molecule has 0 bridgehead atoms. The Labute approximate surface area is 144 Å². The fraction of sp³-hybridized carbons (Fsp3) is 0.714. The number of hydrogen-bond acceptors (Lipinski definition) is 6. The van der Waals surface area contributed by atoms with Gasteiger partial charge in [-0.1, -0.05) is 0 Å². The second-order valence-electron chi connectivity index (χ2n) is 5.41. The summed E-state index contributed by atoms with van der Waals surface area (Å²) in [4.78, 5) is 48.2. The number of carbonyl (C=O) groups excluding carboxylic acids is 3. The van der Waals surface area contributed by atoms with Gasteiger partial charge in [0.15, 0.2) is 0 Å². The zero-order valence-corrected chi connectivity index (χ0v) is 14.4. The number of nitrogens with two attached hydrogens (primary N) is 1. The molecule has 2 unspecified atom stereocenters. The number of rotatable bonds is 9. The first kappa shape index (κ1) is 20.2. The maximum absolute atomic E-state index is 12.6. The van der Waals surface area contributed by atoms with Crippen molar-refractivity contribution in [1.82, 2.24) is 15.5 Å². The largest absolute Gasteiger partial charge is 0.480 e. The fourth-order valence-electron chi connectivity index (χ4n) is 2.48. The van der Waals surface area contributed by atoms with Crippen LogP contribution in [-0.4, -0.2) is 77.4 Å². The highest BCUT2D eigenvalue weighted by Gasteiger charge is 2.37. The molecule has 0 radical (unpaired) electrons. The van der Waals surface area contributed by atoms with Crippen LogP contribution in [0.2, 0.25) is 0 Å². The van der Waals surface area contributed by atoms with Crippen molar-refractivity contribution in [1.29, 1.82) is 0 Å². The Morgan fingerprint density at radius 3 is 2.62 bits per heavy atom. The molecule has 1 saturated heterocycles. The van der Waals surface area contributed by atoms with E-state index in [0.29, 0.717) is 31.6 Å². The van der Waals surface area contributed by atoms with E-state index in [2.05, 4.69) is 10.6 Å². The molecule has 0 aromatic carbocycles. The lowest BCUT2D eigenvalue weighted by Gasteiger charge is -2.27. The predicted molar refractivity (Wildman–Crippen MR) is 89.4 cm³/mol. The molecule has 1 aliphatic rings. The third-order valence-corrected chi connectivity index (χ3v) is 4.34. The molecule has 0 saturated carbocycles. The average molecular weight is 360 g/mol. The van der Waals surface area contributed by atoms with Gasteiger partial charge in [-0.2, -0.15) is 11.8 Å². The minimum absolute atomic E-state index is 0.226. The van der Waals surface area contributed by atoms with E-state index in [-0.39, 0.29) is 13.1 Å². The van der Waals surface area contributed by atoms with E-state index in [1.54, 1.807) is 0 Å². The molecule has 1 aliphatic heterocycles. The Kier molecular flexibility index (Phi) is 8.55. The van der Waals surface area contributed by atoms with Crippen molar-refractivity contribution >= 4 is 35.5 Å². The van der Waals surface area contributed by atoms with Crippen molar-refractivity contribution < 1.29 is 24.3 Å². The summed E-state index contributed by atoms with van der Waals surface area (Å²) < 4.78 is 0. The summed E-state index contributed by atoms with van der Waals surface area (Å²) in [7, 11) is 0. The lowest BCUT2D eigenvalue weighted by atomic mass is 10.1. The van der Waals surface area contributed by atoms with Gasteiger partial charge >= 0.3 is 5.97 Å². The minimum Gasteiger partial charge on any atom is -0.480 e. The first-order chi connectivity index (χ1) is 11.4. The molecule has 1 rings (SSSR count). The predicted octanol–water partition coefficient (Wildman–Crippen LogP) is -1.63. The van der Waals surface area contributed by atoms with Crippen LogP contribution in [-0.2, 0) is 19.2 Å². The fourth-order valence-corrected chi connectivity index (χ4v) is 2.95. The maximum atomic E-state index is 12.6. The Hall–Kier alpha value is -1.81. The molecule has 0 spiro atoms. The number of amides is 3. The maximum Gasteiger partial charge on any atom is 0.326 e. The zero-order chi connectivity index (χ0) is 18.1. The summed E-state index contributed by atoms with van der Waals surface area (Å²) >= 11 is 1.52. The van der Waals surface area contributed by atoms with Gasteiger partial charge in [-0.3, -0.25) is 14.4 Å². The Balaban J connectivity index is 2.69. The van der Waals surface area contributed by atoms with E-state index in [9.17, 15) is 24.3 Å². The van der Waals surface area contributed by atoms with Gasteiger partial charge in [0.1, 0.15) is 12.1 Å².